The number of benzene rings is 1. The number of hydrogen-bond donors (Lipinski definition) is 2. The number of aryl methyl sites for hydroxylation is 1. The number of carboxylic acid groups (broad SMARTS) is 1. The standard InChI is InChI=1S/C14H11FN2O4/c1-8-6-12(21-17-8)16-14(20)10-7-9(2-4-11(10)15)3-5-13(18)19/h2-7H,1H3,(H,16,20)(H,18,19). The number of carbonyl (C=O) groups is 2. The quantitative estimate of drug-likeness (QED) is 0.844. The van der Waals surface area contributed by atoms with Crippen LogP contribution < -0.4 is 5.32 Å². The van der Waals surface area contributed by atoms with Crippen LogP contribution in [0.4, 0.5) is 10.3 Å². The lowest BCUT2D eigenvalue weighted by Crippen LogP contribution is -2.13. The van der Waals surface area contributed by atoms with Crippen molar-refractivity contribution in [3.8, 4) is 0 Å². The summed E-state index contributed by atoms with van der Waals surface area (Å²) in [4.78, 5) is 22.4. The van der Waals surface area contributed by atoms with Gasteiger partial charge in [-0.25, -0.2) is 9.18 Å². The Hall–Kier alpha value is -2.96. The smallest absolute Gasteiger partial charge is 0.328 e. The van der Waals surface area contributed by atoms with E-state index in [1.807, 2.05) is 0 Å². The van der Waals surface area contributed by atoms with Crippen molar-refractivity contribution >= 4 is 23.8 Å². The number of anilines is 1. The molecule has 0 aliphatic carbocycles. The van der Waals surface area contributed by atoms with E-state index in [0.29, 0.717) is 11.3 Å². The minimum atomic E-state index is -1.14. The van der Waals surface area contributed by atoms with Crippen LogP contribution in [0.5, 0.6) is 0 Å². The molecule has 2 N–H and O–H groups in total. The summed E-state index contributed by atoms with van der Waals surface area (Å²) in [7, 11) is 0. The summed E-state index contributed by atoms with van der Waals surface area (Å²) in [5.41, 5.74) is 0.734. The molecule has 0 saturated carbocycles. The van der Waals surface area contributed by atoms with E-state index in [-0.39, 0.29) is 11.4 Å². The predicted octanol–water partition coefficient (Wildman–Crippen LogP) is 2.47. The molecular formula is C14H11FN2O4. The van der Waals surface area contributed by atoms with Crippen molar-refractivity contribution in [3.63, 3.8) is 0 Å². The molecule has 0 aliphatic heterocycles. The van der Waals surface area contributed by atoms with E-state index < -0.39 is 17.7 Å². The number of hydrogen-bond acceptors (Lipinski definition) is 4. The molecule has 1 aromatic carbocycles. The first kappa shape index (κ1) is 14.4. The zero-order valence-electron chi connectivity index (χ0n) is 11.0. The summed E-state index contributed by atoms with van der Waals surface area (Å²) in [6.07, 6.45) is 2.16. The Balaban J connectivity index is 2.23. The van der Waals surface area contributed by atoms with E-state index in [0.717, 1.165) is 12.1 Å². The van der Waals surface area contributed by atoms with E-state index in [1.54, 1.807) is 6.92 Å². The maximum absolute atomic E-state index is 13.7. The van der Waals surface area contributed by atoms with E-state index in [2.05, 4.69) is 10.5 Å². The number of nitrogens with one attached hydrogen (secondary N) is 1. The van der Waals surface area contributed by atoms with Crippen LogP contribution in [0.1, 0.15) is 21.6 Å². The van der Waals surface area contributed by atoms with Gasteiger partial charge in [0.2, 0.25) is 5.88 Å². The first-order valence-electron chi connectivity index (χ1n) is 5.91. The molecule has 0 aliphatic rings. The molecule has 6 nitrogen and oxygen atoms in total. The van der Waals surface area contributed by atoms with Crippen molar-refractivity contribution in [3.05, 3.63) is 53.0 Å². The summed E-state index contributed by atoms with van der Waals surface area (Å²) in [6, 6.07) is 5.18. The van der Waals surface area contributed by atoms with Gasteiger partial charge in [0.05, 0.1) is 11.3 Å². The molecule has 2 aromatic rings. The van der Waals surface area contributed by atoms with E-state index in [4.69, 9.17) is 9.63 Å². The Morgan fingerprint density at radius 3 is 2.76 bits per heavy atom. The zero-order valence-corrected chi connectivity index (χ0v) is 11.0. The first-order valence-corrected chi connectivity index (χ1v) is 5.91. The molecule has 7 heteroatoms. The van der Waals surface area contributed by atoms with E-state index in [9.17, 15) is 14.0 Å². The fourth-order valence-corrected chi connectivity index (χ4v) is 1.59. The number of carboxylic acids is 1. The lowest BCUT2D eigenvalue weighted by Gasteiger charge is -2.04. The molecular weight excluding hydrogens is 279 g/mol. The Kier molecular flexibility index (Phi) is 4.13. The van der Waals surface area contributed by atoms with E-state index in [1.165, 1.54) is 24.3 Å². The number of halogens is 1. The molecule has 0 unspecified atom stereocenters. The third kappa shape index (κ3) is 3.75. The summed E-state index contributed by atoms with van der Waals surface area (Å²) in [5, 5.41) is 14.5. The summed E-state index contributed by atoms with van der Waals surface area (Å²) in [6.45, 7) is 1.68. The van der Waals surface area contributed by atoms with Crippen molar-refractivity contribution in [2.24, 2.45) is 0 Å². The van der Waals surface area contributed by atoms with Crippen molar-refractivity contribution in [1.29, 1.82) is 0 Å². The molecule has 2 rings (SSSR count). The molecule has 0 radical (unpaired) electrons. The van der Waals surface area contributed by atoms with Crippen LogP contribution in [-0.2, 0) is 4.79 Å². The maximum atomic E-state index is 13.7. The number of amides is 1. The van der Waals surface area contributed by atoms with Crippen LogP contribution in [0.2, 0.25) is 0 Å². The molecule has 1 aromatic heterocycles. The van der Waals surface area contributed by atoms with Crippen molar-refractivity contribution in [1.82, 2.24) is 5.16 Å². The Labute approximate surface area is 118 Å². The SMILES string of the molecule is Cc1cc(NC(=O)c2cc(C=CC(=O)O)ccc2F)on1. The molecule has 1 heterocycles. The highest BCUT2D eigenvalue weighted by molar-refractivity contribution is 6.04. The number of nitrogens with zero attached hydrogens (tertiary/aromatic N) is 1. The number of carbonyl (C=O) groups excluding carboxylic acids is 1. The van der Waals surface area contributed by atoms with Gasteiger partial charge < -0.3 is 9.63 Å². The van der Waals surface area contributed by atoms with Gasteiger partial charge in [0.25, 0.3) is 5.91 Å². The van der Waals surface area contributed by atoms with Gasteiger partial charge >= 0.3 is 5.97 Å². The van der Waals surface area contributed by atoms with Gasteiger partial charge in [0.1, 0.15) is 5.82 Å². The Morgan fingerprint density at radius 1 is 1.38 bits per heavy atom. The second kappa shape index (κ2) is 6.00. The molecule has 108 valence electrons. The van der Waals surface area contributed by atoms with Gasteiger partial charge in [-0.3, -0.25) is 10.1 Å². The average molecular weight is 290 g/mol. The summed E-state index contributed by atoms with van der Waals surface area (Å²) < 4.78 is 18.5. The highest BCUT2D eigenvalue weighted by Gasteiger charge is 2.14. The largest absolute Gasteiger partial charge is 0.478 e. The Bertz CT molecular complexity index is 722. The monoisotopic (exact) mass is 290 g/mol. The third-order valence-corrected chi connectivity index (χ3v) is 2.52. The second-order valence-electron chi connectivity index (χ2n) is 4.20. The lowest BCUT2D eigenvalue weighted by atomic mass is 10.1. The number of aliphatic carboxylic acids is 1. The van der Waals surface area contributed by atoms with Gasteiger partial charge in [-0.15, -0.1) is 0 Å². The fraction of sp³-hybridized carbons (Fsp3) is 0.0714. The highest BCUT2D eigenvalue weighted by atomic mass is 19.1. The minimum Gasteiger partial charge on any atom is -0.478 e. The zero-order chi connectivity index (χ0) is 15.4. The van der Waals surface area contributed by atoms with Gasteiger partial charge in [-0.05, 0) is 30.7 Å². The van der Waals surface area contributed by atoms with Crippen LogP contribution in [0.25, 0.3) is 6.08 Å². The second-order valence-corrected chi connectivity index (χ2v) is 4.20. The van der Waals surface area contributed by atoms with Gasteiger partial charge in [-0.2, -0.15) is 0 Å². The van der Waals surface area contributed by atoms with Crippen LogP contribution in [-0.4, -0.2) is 22.1 Å². The van der Waals surface area contributed by atoms with E-state index >= 15 is 0 Å². The van der Waals surface area contributed by atoms with Crippen LogP contribution in [0, 0.1) is 12.7 Å². The van der Waals surface area contributed by atoms with Gasteiger partial charge in [0, 0.05) is 12.1 Å². The highest BCUT2D eigenvalue weighted by Crippen LogP contribution is 2.15. The van der Waals surface area contributed by atoms with Crippen LogP contribution >= 0.6 is 0 Å². The fourth-order valence-electron chi connectivity index (χ4n) is 1.59. The molecule has 0 fully saturated rings. The van der Waals surface area contributed by atoms with Crippen molar-refractivity contribution in [2.45, 2.75) is 6.92 Å². The average Bonchev–Trinajstić information content (AvgIpc) is 2.83. The normalized spacial score (nSPS) is 10.8. The summed E-state index contributed by atoms with van der Waals surface area (Å²) >= 11 is 0. The van der Waals surface area contributed by atoms with Crippen molar-refractivity contribution in [2.75, 3.05) is 5.32 Å². The topological polar surface area (TPSA) is 92.4 Å². The molecule has 0 spiro atoms. The minimum absolute atomic E-state index is 0.100. The Morgan fingerprint density at radius 2 is 2.14 bits per heavy atom. The van der Waals surface area contributed by atoms with Gasteiger partial charge in [-0.1, -0.05) is 11.2 Å². The lowest BCUT2D eigenvalue weighted by molar-refractivity contribution is -0.131. The molecule has 0 atom stereocenters. The van der Waals surface area contributed by atoms with Gasteiger partial charge in [0.15, 0.2) is 0 Å². The summed E-state index contributed by atoms with van der Waals surface area (Å²) in [5.74, 6) is -2.48. The molecule has 0 saturated heterocycles. The van der Waals surface area contributed by atoms with Crippen LogP contribution in [0.15, 0.2) is 34.9 Å². The van der Waals surface area contributed by atoms with Crippen LogP contribution in [0.3, 0.4) is 0 Å². The number of rotatable bonds is 4. The molecule has 1 amide bonds. The predicted molar refractivity (Wildman–Crippen MR) is 72.3 cm³/mol. The number of aromatic nitrogens is 1. The third-order valence-electron chi connectivity index (χ3n) is 2.52. The van der Waals surface area contributed by atoms with Crippen molar-refractivity contribution < 1.29 is 23.6 Å². The molecule has 0 bridgehead atoms. The first-order chi connectivity index (χ1) is 9.95. The maximum Gasteiger partial charge on any atom is 0.328 e. The molecule has 21 heavy (non-hydrogen) atoms.